The number of hydrogen-bond acceptors (Lipinski definition) is 9. The van der Waals surface area contributed by atoms with E-state index in [9.17, 15) is 24.0 Å². The molecule has 0 aromatic rings. The molecule has 1 heterocycles. The lowest BCUT2D eigenvalue weighted by molar-refractivity contribution is -0.171. The van der Waals surface area contributed by atoms with Gasteiger partial charge in [0.1, 0.15) is 5.92 Å². The smallest absolute Gasteiger partial charge is 0.334 e. The van der Waals surface area contributed by atoms with Gasteiger partial charge in [-0.2, -0.15) is 0 Å². The standard InChI is InChI=1S/C35H51NO9/c1-8-42-30(38)25-20-18-22-19-12-13-23-34(5,17-15-24(37)36(23)7)21(19)14-16-35(22,6)29(20)28(33(41)45-11-4)27(32(40)44-10-3)26(25)31(39)43-9-2/h19-23,25-27H,8-18H2,1-7H3/t19?,20-,21?,22-,23?,25-,26+,27-,34+,35-/m0/s1. The number of piperidine rings is 1. The lowest BCUT2D eigenvalue weighted by Gasteiger charge is -2.61. The van der Waals surface area contributed by atoms with Gasteiger partial charge in [-0.05, 0) is 106 Å². The number of allylic oxidation sites excluding steroid dienone is 1. The maximum Gasteiger partial charge on any atom is 0.334 e. The van der Waals surface area contributed by atoms with E-state index in [1.165, 1.54) is 0 Å². The van der Waals surface area contributed by atoms with Crippen LogP contribution in [0.2, 0.25) is 0 Å². The fourth-order valence-electron chi connectivity index (χ4n) is 10.7. The molecule has 250 valence electrons. The number of ether oxygens (including phenoxy) is 4. The lowest BCUT2D eigenvalue weighted by atomic mass is 9.47. The fraction of sp³-hybridized carbons (Fsp3) is 0.800. The Morgan fingerprint density at radius 1 is 0.778 bits per heavy atom. The van der Waals surface area contributed by atoms with Crippen molar-refractivity contribution < 1.29 is 42.9 Å². The first kappa shape index (κ1) is 33.5. The second-order valence-corrected chi connectivity index (χ2v) is 14.1. The zero-order chi connectivity index (χ0) is 32.8. The molecule has 1 aliphatic heterocycles. The molecule has 0 radical (unpaired) electrons. The molecule has 45 heavy (non-hydrogen) atoms. The summed E-state index contributed by atoms with van der Waals surface area (Å²) >= 11 is 0. The number of fused-ring (bicyclic) bond motifs is 7. The highest BCUT2D eigenvalue weighted by atomic mass is 16.6. The molecule has 10 atom stereocenters. The van der Waals surface area contributed by atoms with Gasteiger partial charge in [0, 0.05) is 19.5 Å². The first-order valence-corrected chi connectivity index (χ1v) is 17.1. The van der Waals surface area contributed by atoms with Gasteiger partial charge in [0.15, 0.2) is 0 Å². The van der Waals surface area contributed by atoms with E-state index in [1.54, 1.807) is 27.7 Å². The van der Waals surface area contributed by atoms with Gasteiger partial charge in [-0.1, -0.05) is 13.8 Å². The van der Waals surface area contributed by atoms with Gasteiger partial charge in [-0.3, -0.25) is 19.2 Å². The molecule has 0 spiro atoms. The van der Waals surface area contributed by atoms with Crippen LogP contribution in [-0.4, -0.2) is 74.2 Å². The number of rotatable bonds is 8. The molecule has 1 saturated heterocycles. The van der Waals surface area contributed by atoms with Crippen LogP contribution in [0.3, 0.4) is 0 Å². The number of carbonyl (C=O) groups excluding carboxylic acids is 5. The van der Waals surface area contributed by atoms with Crippen molar-refractivity contribution in [2.24, 2.45) is 52.3 Å². The Morgan fingerprint density at radius 3 is 2.00 bits per heavy atom. The van der Waals surface area contributed by atoms with E-state index in [2.05, 4.69) is 13.8 Å². The number of likely N-dealkylation sites (tertiary alicyclic amines) is 1. The number of amides is 1. The zero-order valence-electron chi connectivity index (χ0n) is 28.0. The van der Waals surface area contributed by atoms with Crippen LogP contribution in [0, 0.1) is 52.3 Å². The lowest BCUT2D eigenvalue weighted by Crippen LogP contribution is -2.61. The van der Waals surface area contributed by atoms with E-state index in [-0.39, 0.29) is 55.3 Å². The van der Waals surface area contributed by atoms with Crippen LogP contribution >= 0.6 is 0 Å². The Morgan fingerprint density at radius 2 is 1.38 bits per heavy atom. The summed E-state index contributed by atoms with van der Waals surface area (Å²) in [5.41, 5.74) is 0.415. The van der Waals surface area contributed by atoms with Crippen LogP contribution in [0.15, 0.2) is 11.1 Å². The minimum atomic E-state index is -1.34. The molecule has 5 aliphatic rings. The third-order valence-electron chi connectivity index (χ3n) is 12.4. The normalized spacial score (nSPS) is 38.7. The summed E-state index contributed by atoms with van der Waals surface area (Å²) in [6.07, 6.45) is 5.51. The summed E-state index contributed by atoms with van der Waals surface area (Å²) < 4.78 is 22.2. The molecule has 1 amide bonds. The molecule has 4 fully saturated rings. The summed E-state index contributed by atoms with van der Waals surface area (Å²) in [5.74, 6) is -5.75. The topological polar surface area (TPSA) is 126 Å². The Hall–Kier alpha value is -2.91. The quantitative estimate of drug-likeness (QED) is 0.282. The summed E-state index contributed by atoms with van der Waals surface area (Å²) in [7, 11) is 1.94. The van der Waals surface area contributed by atoms with Crippen molar-refractivity contribution in [3.8, 4) is 0 Å². The minimum Gasteiger partial charge on any atom is -0.466 e. The van der Waals surface area contributed by atoms with E-state index in [4.69, 9.17) is 18.9 Å². The molecule has 0 bridgehead atoms. The Bertz CT molecular complexity index is 1260. The van der Waals surface area contributed by atoms with Crippen molar-refractivity contribution in [3.05, 3.63) is 11.1 Å². The molecule has 3 saturated carbocycles. The summed E-state index contributed by atoms with van der Waals surface area (Å²) in [6.45, 7) is 11.6. The maximum atomic E-state index is 14.0. The highest BCUT2D eigenvalue weighted by Gasteiger charge is 2.67. The van der Waals surface area contributed by atoms with Crippen molar-refractivity contribution in [1.82, 2.24) is 4.90 Å². The van der Waals surface area contributed by atoms with E-state index in [0.717, 1.165) is 37.7 Å². The van der Waals surface area contributed by atoms with Crippen LogP contribution in [0.5, 0.6) is 0 Å². The van der Waals surface area contributed by atoms with Gasteiger partial charge in [0.25, 0.3) is 0 Å². The SMILES string of the molecule is CCOC(=O)C1=C2[C@@H](C[C@H]3C4CCC5N(C)C(=O)CC[C@]5(C)C4CC[C@]23C)[C@H](C(=O)OCC)[C@@H](C(=O)OCC)[C@@H]1C(=O)OCC. The first-order chi connectivity index (χ1) is 21.4. The Labute approximate surface area is 266 Å². The van der Waals surface area contributed by atoms with Gasteiger partial charge in [-0.15, -0.1) is 0 Å². The van der Waals surface area contributed by atoms with Gasteiger partial charge in [0.05, 0.1) is 43.8 Å². The van der Waals surface area contributed by atoms with E-state index in [0.29, 0.717) is 24.7 Å². The molecule has 0 aromatic carbocycles. The first-order valence-electron chi connectivity index (χ1n) is 17.1. The number of nitrogens with zero attached hydrogens (tertiary/aromatic N) is 1. The zero-order valence-corrected chi connectivity index (χ0v) is 28.0. The third-order valence-corrected chi connectivity index (χ3v) is 12.4. The molecule has 5 rings (SSSR count). The van der Waals surface area contributed by atoms with Crippen LogP contribution in [0.25, 0.3) is 0 Å². The molecule has 0 aromatic heterocycles. The van der Waals surface area contributed by atoms with Gasteiger partial charge in [-0.25, -0.2) is 4.79 Å². The minimum absolute atomic E-state index is 0.0273. The maximum absolute atomic E-state index is 14.0. The predicted octanol–water partition coefficient (Wildman–Crippen LogP) is 4.49. The van der Waals surface area contributed by atoms with Gasteiger partial charge < -0.3 is 23.8 Å². The van der Waals surface area contributed by atoms with Crippen LogP contribution in [-0.2, 0) is 42.9 Å². The van der Waals surface area contributed by atoms with Crippen LogP contribution < -0.4 is 0 Å². The number of hydrogen-bond donors (Lipinski definition) is 0. The summed E-state index contributed by atoms with van der Waals surface area (Å²) in [4.78, 5) is 70.2. The number of carbonyl (C=O) groups is 5. The largest absolute Gasteiger partial charge is 0.466 e. The molecule has 10 nitrogen and oxygen atoms in total. The third kappa shape index (κ3) is 5.18. The molecular weight excluding hydrogens is 578 g/mol. The Kier molecular flexibility index (Phi) is 9.45. The molecule has 10 heteroatoms. The average molecular weight is 630 g/mol. The Balaban J connectivity index is 1.69. The monoisotopic (exact) mass is 629 g/mol. The molecule has 0 N–H and O–H groups in total. The van der Waals surface area contributed by atoms with Gasteiger partial charge >= 0.3 is 23.9 Å². The highest BCUT2D eigenvalue weighted by molar-refractivity contribution is 6.01. The highest BCUT2D eigenvalue weighted by Crippen LogP contribution is 2.70. The molecule has 4 aliphatic carbocycles. The second-order valence-electron chi connectivity index (χ2n) is 14.1. The van der Waals surface area contributed by atoms with Crippen molar-refractivity contribution in [2.75, 3.05) is 33.5 Å². The van der Waals surface area contributed by atoms with Crippen molar-refractivity contribution >= 4 is 29.8 Å². The average Bonchev–Trinajstić information content (AvgIpc) is 3.31. The van der Waals surface area contributed by atoms with Gasteiger partial charge in [0.2, 0.25) is 5.91 Å². The number of esters is 4. The predicted molar refractivity (Wildman–Crippen MR) is 163 cm³/mol. The fourth-order valence-corrected chi connectivity index (χ4v) is 10.7. The van der Waals surface area contributed by atoms with Crippen molar-refractivity contribution in [3.63, 3.8) is 0 Å². The van der Waals surface area contributed by atoms with E-state index in [1.807, 2.05) is 11.9 Å². The van der Waals surface area contributed by atoms with E-state index < -0.39 is 53.0 Å². The van der Waals surface area contributed by atoms with Crippen molar-refractivity contribution in [2.45, 2.75) is 92.5 Å². The van der Waals surface area contributed by atoms with Crippen molar-refractivity contribution in [1.29, 1.82) is 0 Å². The molecule has 3 unspecified atom stereocenters. The van der Waals surface area contributed by atoms with Crippen LogP contribution in [0.4, 0.5) is 0 Å². The van der Waals surface area contributed by atoms with E-state index >= 15 is 0 Å². The molecular formula is C35H51NO9. The second kappa shape index (κ2) is 12.7. The van der Waals surface area contributed by atoms with Crippen LogP contribution in [0.1, 0.15) is 86.5 Å². The summed E-state index contributed by atoms with van der Waals surface area (Å²) in [6, 6.07) is 0.191. The summed E-state index contributed by atoms with van der Waals surface area (Å²) in [5, 5.41) is 0.